The number of carbonyl (C=O) groups excluding carboxylic acids is 1. The van der Waals surface area contributed by atoms with Crippen LogP contribution in [0.1, 0.15) is 27.2 Å². The topological polar surface area (TPSA) is 54.1 Å². The third-order valence-corrected chi connectivity index (χ3v) is 4.75. The quantitative estimate of drug-likeness (QED) is 0.693. The molecule has 0 aliphatic rings. The van der Waals surface area contributed by atoms with Crippen LogP contribution in [-0.2, 0) is 6.54 Å². The normalized spacial score (nSPS) is 10.8. The average molecular weight is 387 g/mol. The molecule has 3 rings (SSSR count). The zero-order valence-electron chi connectivity index (χ0n) is 13.9. The average Bonchev–Trinajstić information content (AvgIpc) is 2.87. The van der Waals surface area contributed by atoms with Crippen LogP contribution in [0.3, 0.4) is 0 Å². The molecule has 0 saturated heterocycles. The number of H-pyrrole nitrogens is 1. The van der Waals surface area contributed by atoms with Crippen molar-refractivity contribution >= 4 is 32.7 Å². The van der Waals surface area contributed by atoms with Gasteiger partial charge in [0.1, 0.15) is 5.75 Å². The lowest BCUT2D eigenvalue weighted by Crippen LogP contribution is -2.23. The van der Waals surface area contributed by atoms with Crippen molar-refractivity contribution in [1.29, 1.82) is 0 Å². The largest absolute Gasteiger partial charge is 0.496 e. The summed E-state index contributed by atoms with van der Waals surface area (Å²) in [5.74, 6) is 0.656. The molecule has 24 heavy (non-hydrogen) atoms. The number of amides is 1. The van der Waals surface area contributed by atoms with E-state index in [-0.39, 0.29) is 5.91 Å². The number of rotatable bonds is 4. The summed E-state index contributed by atoms with van der Waals surface area (Å²) in [6.07, 6.45) is 0. The predicted molar refractivity (Wildman–Crippen MR) is 99.6 cm³/mol. The van der Waals surface area contributed by atoms with Crippen molar-refractivity contribution in [2.45, 2.75) is 20.4 Å². The van der Waals surface area contributed by atoms with E-state index in [0.29, 0.717) is 12.1 Å². The first-order valence-corrected chi connectivity index (χ1v) is 8.48. The van der Waals surface area contributed by atoms with Gasteiger partial charge in [-0.2, -0.15) is 0 Å². The first-order chi connectivity index (χ1) is 11.5. The highest BCUT2D eigenvalue weighted by Gasteiger charge is 2.11. The molecule has 2 N–H and O–H groups in total. The molecule has 3 aromatic rings. The van der Waals surface area contributed by atoms with Crippen LogP contribution in [0.15, 0.2) is 40.9 Å². The minimum absolute atomic E-state index is 0.0998. The third-order valence-electron chi connectivity index (χ3n) is 4.25. The Balaban J connectivity index is 1.80. The molecule has 0 atom stereocenters. The Morgan fingerprint density at radius 2 is 2.00 bits per heavy atom. The molecule has 0 bridgehead atoms. The number of aromatic amines is 1. The molecule has 0 fully saturated rings. The van der Waals surface area contributed by atoms with E-state index in [0.717, 1.165) is 32.4 Å². The van der Waals surface area contributed by atoms with Gasteiger partial charge in [-0.05, 0) is 55.8 Å². The van der Waals surface area contributed by atoms with Crippen LogP contribution in [0, 0.1) is 13.8 Å². The Morgan fingerprint density at radius 1 is 1.21 bits per heavy atom. The van der Waals surface area contributed by atoms with Gasteiger partial charge in [-0.3, -0.25) is 4.79 Å². The summed E-state index contributed by atoms with van der Waals surface area (Å²) in [6.45, 7) is 4.50. The molecular weight excluding hydrogens is 368 g/mol. The molecule has 0 radical (unpaired) electrons. The second-order valence-corrected chi connectivity index (χ2v) is 6.69. The predicted octanol–water partition coefficient (Wildman–Crippen LogP) is 4.49. The van der Waals surface area contributed by atoms with Gasteiger partial charge in [-0.25, -0.2) is 0 Å². The number of fused-ring (bicyclic) bond motifs is 1. The van der Waals surface area contributed by atoms with Crippen LogP contribution in [-0.4, -0.2) is 18.0 Å². The lowest BCUT2D eigenvalue weighted by Gasteiger charge is -2.10. The number of ether oxygens (including phenoxy) is 1. The minimum Gasteiger partial charge on any atom is -0.496 e. The van der Waals surface area contributed by atoms with Crippen LogP contribution in [0.25, 0.3) is 10.9 Å². The number of methoxy groups -OCH3 is 1. The molecule has 2 aromatic carbocycles. The Kier molecular flexibility index (Phi) is 4.62. The van der Waals surface area contributed by atoms with E-state index in [1.807, 2.05) is 43.3 Å². The molecular formula is C19H19BrN2O2. The van der Waals surface area contributed by atoms with Crippen molar-refractivity contribution in [2.24, 2.45) is 0 Å². The lowest BCUT2D eigenvalue weighted by atomic mass is 10.1. The maximum absolute atomic E-state index is 12.5. The number of benzene rings is 2. The van der Waals surface area contributed by atoms with Crippen LogP contribution in [0.5, 0.6) is 5.75 Å². The van der Waals surface area contributed by atoms with Gasteiger partial charge in [0.15, 0.2) is 0 Å². The standard InChI is InChI=1S/C19H19BrN2O2/c1-11-12(2)22-17-6-4-13(9-16(11)17)19(23)21-10-14-8-15(20)5-7-18(14)24-3/h4-9,22H,10H2,1-3H3,(H,21,23). The van der Waals surface area contributed by atoms with E-state index in [9.17, 15) is 4.79 Å². The van der Waals surface area contributed by atoms with Gasteiger partial charge in [0.2, 0.25) is 0 Å². The Bertz CT molecular complexity index is 915. The fraction of sp³-hybridized carbons (Fsp3) is 0.211. The number of aryl methyl sites for hydroxylation is 2. The van der Waals surface area contributed by atoms with Gasteiger partial charge in [0.25, 0.3) is 5.91 Å². The summed E-state index contributed by atoms with van der Waals surface area (Å²) in [5.41, 5.74) is 4.93. The first-order valence-electron chi connectivity index (χ1n) is 7.69. The van der Waals surface area contributed by atoms with Gasteiger partial charge in [0, 0.05) is 38.7 Å². The molecule has 0 aliphatic heterocycles. The lowest BCUT2D eigenvalue weighted by molar-refractivity contribution is 0.0951. The highest BCUT2D eigenvalue weighted by atomic mass is 79.9. The number of halogens is 1. The third kappa shape index (κ3) is 3.17. The van der Waals surface area contributed by atoms with E-state index >= 15 is 0 Å². The Labute approximate surface area is 149 Å². The minimum atomic E-state index is -0.0998. The molecule has 1 aromatic heterocycles. The van der Waals surface area contributed by atoms with Crippen LogP contribution in [0.2, 0.25) is 0 Å². The highest BCUT2D eigenvalue weighted by Crippen LogP contribution is 2.24. The van der Waals surface area contributed by atoms with Crippen molar-refractivity contribution in [3.05, 3.63) is 63.3 Å². The number of hydrogen-bond acceptors (Lipinski definition) is 2. The fourth-order valence-corrected chi connectivity index (χ4v) is 3.17. The molecule has 4 nitrogen and oxygen atoms in total. The first kappa shape index (κ1) is 16.6. The van der Waals surface area contributed by atoms with Crippen molar-refractivity contribution in [3.8, 4) is 5.75 Å². The van der Waals surface area contributed by atoms with Crippen LogP contribution < -0.4 is 10.1 Å². The van der Waals surface area contributed by atoms with E-state index in [4.69, 9.17) is 4.74 Å². The highest BCUT2D eigenvalue weighted by molar-refractivity contribution is 9.10. The van der Waals surface area contributed by atoms with E-state index < -0.39 is 0 Å². The van der Waals surface area contributed by atoms with Gasteiger partial charge < -0.3 is 15.0 Å². The summed E-state index contributed by atoms with van der Waals surface area (Å²) < 4.78 is 6.29. The van der Waals surface area contributed by atoms with E-state index in [2.05, 4.69) is 33.2 Å². The number of carbonyl (C=O) groups is 1. The van der Waals surface area contributed by atoms with Crippen molar-refractivity contribution in [1.82, 2.24) is 10.3 Å². The number of aromatic nitrogens is 1. The van der Waals surface area contributed by atoms with Crippen molar-refractivity contribution in [2.75, 3.05) is 7.11 Å². The molecule has 1 amide bonds. The summed E-state index contributed by atoms with van der Waals surface area (Å²) in [5, 5.41) is 4.04. The molecule has 0 unspecified atom stereocenters. The van der Waals surface area contributed by atoms with Crippen molar-refractivity contribution in [3.63, 3.8) is 0 Å². The maximum atomic E-state index is 12.5. The second-order valence-electron chi connectivity index (χ2n) is 5.77. The number of nitrogens with one attached hydrogen (secondary N) is 2. The van der Waals surface area contributed by atoms with Gasteiger partial charge >= 0.3 is 0 Å². The molecule has 0 aliphatic carbocycles. The Morgan fingerprint density at radius 3 is 2.75 bits per heavy atom. The van der Waals surface area contributed by atoms with Gasteiger partial charge in [-0.15, -0.1) is 0 Å². The Hall–Kier alpha value is -2.27. The second kappa shape index (κ2) is 6.69. The van der Waals surface area contributed by atoms with Gasteiger partial charge in [0.05, 0.1) is 7.11 Å². The molecule has 124 valence electrons. The van der Waals surface area contributed by atoms with Gasteiger partial charge in [-0.1, -0.05) is 15.9 Å². The smallest absolute Gasteiger partial charge is 0.251 e. The zero-order chi connectivity index (χ0) is 17.3. The van der Waals surface area contributed by atoms with Crippen LogP contribution in [0.4, 0.5) is 0 Å². The van der Waals surface area contributed by atoms with Crippen molar-refractivity contribution < 1.29 is 9.53 Å². The fourth-order valence-electron chi connectivity index (χ4n) is 2.77. The maximum Gasteiger partial charge on any atom is 0.251 e. The summed E-state index contributed by atoms with van der Waals surface area (Å²) in [4.78, 5) is 15.8. The monoisotopic (exact) mass is 386 g/mol. The van der Waals surface area contributed by atoms with E-state index in [1.165, 1.54) is 5.56 Å². The molecule has 0 spiro atoms. The summed E-state index contributed by atoms with van der Waals surface area (Å²) in [6, 6.07) is 11.5. The molecule has 0 saturated carbocycles. The summed E-state index contributed by atoms with van der Waals surface area (Å²) >= 11 is 3.44. The molecule has 1 heterocycles. The zero-order valence-corrected chi connectivity index (χ0v) is 15.5. The SMILES string of the molecule is COc1ccc(Br)cc1CNC(=O)c1ccc2[nH]c(C)c(C)c2c1. The van der Waals surface area contributed by atoms with E-state index in [1.54, 1.807) is 7.11 Å². The number of hydrogen-bond donors (Lipinski definition) is 2. The van der Waals surface area contributed by atoms with Crippen LogP contribution >= 0.6 is 15.9 Å². The molecule has 5 heteroatoms. The summed E-state index contributed by atoms with van der Waals surface area (Å²) in [7, 11) is 1.62.